The summed E-state index contributed by atoms with van der Waals surface area (Å²) in [5.41, 5.74) is 1.31. The van der Waals surface area contributed by atoms with Gasteiger partial charge >= 0.3 is 0 Å². The molecule has 1 fully saturated rings. The third kappa shape index (κ3) is 4.27. The van der Waals surface area contributed by atoms with Crippen LogP contribution in [-0.4, -0.2) is 29.6 Å². The molecule has 1 aliphatic rings. The SMILES string of the molecule is CC(C)(C)C1CN(Cc2cc(F)cc(Br)c2)C(C)(C)CN1. The molecule has 0 aromatic heterocycles. The zero-order valence-electron chi connectivity index (χ0n) is 13.6. The first-order valence-corrected chi connectivity index (χ1v) is 8.31. The van der Waals surface area contributed by atoms with Crippen molar-refractivity contribution in [2.75, 3.05) is 13.1 Å². The van der Waals surface area contributed by atoms with Crippen LogP contribution in [0.3, 0.4) is 0 Å². The molecule has 118 valence electrons. The highest BCUT2D eigenvalue weighted by atomic mass is 79.9. The summed E-state index contributed by atoms with van der Waals surface area (Å²) < 4.78 is 14.4. The second-order valence-corrected chi connectivity index (χ2v) is 8.69. The minimum absolute atomic E-state index is 0.0700. The van der Waals surface area contributed by atoms with Gasteiger partial charge in [0.25, 0.3) is 0 Å². The van der Waals surface area contributed by atoms with E-state index in [1.165, 1.54) is 6.07 Å². The summed E-state index contributed by atoms with van der Waals surface area (Å²) in [4.78, 5) is 2.46. The van der Waals surface area contributed by atoms with Crippen molar-refractivity contribution in [3.05, 3.63) is 34.1 Å². The second kappa shape index (κ2) is 5.98. The van der Waals surface area contributed by atoms with Crippen molar-refractivity contribution in [1.29, 1.82) is 0 Å². The van der Waals surface area contributed by atoms with E-state index in [9.17, 15) is 4.39 Å². The lowest BCUT2D eigenvalue weighted by molar-refractivity contribution is 0.0295. The van der Waals surface area contributed by atoms with E-state index in [0.717, 1.165) is 29.7 Å². The van der Waals surface area contributed by atoms with Gasteiger partial charge in [-0.1, -0.05) is 36.7 Å². The minimum Gasteiger partial charge on any atom is -0.310 e. The van der Waals surface area contributed by atoms with Crippen molar-refractivity contribution < 1.29 is 4.39 Å². The maximum absolute atomic E-state index is 13.6. The van der Waals surface area contributed by atoms with E-state index < -0.39 is 0 Å². The van der Waals surface area contributed by atoms with Crippen LogP contribution in [0.4, 0.5) is 4.39 Å². The fraction of sp³-hybridized carbons (Fsp3) is 0.647. The van der Waals surface area contributed by atoms with E-state index in [-0.39, 0.29) is 16.8 Å². The molecule has 0 radical (unpaired) electrons. The second-order valence-electron chi connectivity index (χ2n) is 7.77. The summed E-state index contributed by atoms with van der Waals surface area (Å²) >= 11 is 3.38. The Balaban J connectivity index is 2.18. The Bertz CT molecular complexity index is 488. The molecule has 2 nitrogen and oxygen atoms in total. The molecular formula is C17H26BrFN2. The molecule has 1 saturated heterocycles. The Hall–Kier alpha value is -0.450. The van der Waals surface area contributed by atoms with Gasteiger partial charge in [-0.05, 0) is 43.0 Å². The van der Waals surface area contributed by atoms with Gasteiger partial charge in [0.1, 0.15) is 5.82 Å². The molecule has 1 atom stereocenters. The molecule has 1 aromatic carbocycles. The lowest BCUT2D eigenvalue weighted by Crippen LogP contribution is -2.64. The predicted octanol–water partition coefficient (Wildman–Crippen LogP) is 4.19. The summed E-state index contributed by atoms with van der Waals surface area (Å²) in [6.45, 7) is 14.0. The number of halogens is 2. The van der Waals surface area contributed by atoms with Crippen molar-refractivity contribution in [1.82, 2.24) is 10.2 Å². The van der Waals surface area contributed by atoms with Crippen LogP contribution >= 0.6 is 15.9 Å². The van der Waals surface area contributed by atoms with Crippen LogP contribution < -0.4 is 5.32 Å². The highest BCUT2D eigenvalue weighted by Gasteiger charge is 2.38. The van der Waals surface area contributed by atoms with Gasteiger partial charge in [-0.25, -0.2) is 4.39 Å². The summed E-state index contributed by atoms with van der Waals surface area (Å²) in [6.07, 6.45) is 0. The van der Waals surface area contributed by atoms with E-state index in [1.54, 1.807) is 6.07 Å². The average Bonchev–Trinajstić information content (AvgIpc) is 2.28. The fourth-order valence-electron chi connectivity index (χ4n) is 2.80. The van der Waals surface area contributed by atoms with Crippen LogP contribution in [0, 0.1) is 11.2 Å². The standard InChI is InChI=1S/C17H26BrFN2/c1-16(2,3)15-10-21(17(4,5)11-20-15)9-12-6-13(18)8-14(19)7-12/h6-8,15,20H,9-11H2,1-5H3. The zero-order chi connectivity index (χ0) is 15.8. The van der Waals surface area contributed by atoms with Gasteiger partial charge in [-0.2, -0.15) is 0 Å². The largest absolute Gasteiger partial charge is 0.310 e. The molecule has 0 amide bonds. The van der Waals surface area contributed by atoms with Gasteiger partial charge in [0, 0.05) is 35.7 Å². The van der Waals surface area contributed by atoms with Crippen LogP contribution in [0.5, 0.6) is 0 Å². The fourth-order valence-corrected chi connectivity index (χ4v) is 3.31. The van der Waals surface area contributed by atoms with Crippen molar-refractivity contribution >= 4 is 15.9 Å². The number of hydrogen-bond donors (Lipinski definition) is 1. The first-order valence-electron chi connectivity index (χ1n) is 7.51. The number of nitrogens with zero attached hydrogens (tertiary/aromatic N) is 1. The van der Waals surface area contributed by atoms with Crippen LogP contribution in [0.15, 0.2) is 22.7 Å². The Morgan fingerprint density at radius 2 is 2.00 bits per heavy atom. The molecule has 4 heteroatoms. The van der Waals surface area contributed by atoms with Crippen LogP contribution in [0.2, 0.25) is 0 Å². The summed E-state index contributed by atoms with van der Waals surface area (Å²) in [5, 5.41) is 3.66. The number of benzene rings is 1. The molecule has 1 N–H and O–H groups in total. The van der Waals surface area contributed by atoms with Crippen molar-refractivity contribution in [2.45, 2.75) is 52.7 Å². The van der Waals surface area contributed by atoms with E-state index in [0.29, 0.717) is 6.04 Å². The van der Waals surface area contributed by atoms with Gasteiger partial charge in [-0.15, -0.1) is 0 Å². The van der Waals surface area contributed by atoms with E-state index in [2.05, 4.69) is 60.8 Å². The molecule has 1 unspecified atom stereocenters. The molecular weight excluding hydrogens is 331 g/mol. The van der Waals surface area contributed by atoms with Crippen LogP contribution in [0.25, 0.3) is 0 Å². The van der Waals surface area contributed by atoms with Gasteiger partial charge in [-0.3, -0.25) is 4.90 Å². The maximum Gasteiger partial charge on any atom is 0.124 e. The van der Waals surface area contributed by atoms with E-state index >= 15 is 0 Å². The Labute approximate surface area is 136 Å². The smallest absolute Gasteiger partial charge is 0.124 e. The first kappa shape index (κ1) is 16.9. The van der Waals surface area contributed by atoms with Crippen molar-refractivity contribution in [3.8, 4) is 0 Å². The highest BCUT2D eigenvalue weighted by Crippen LogP contribution is 2.29. The van der Waals surface area contributed by atoms with Crippen LogP contribution in [-0.2, 0) is 6.54 Å². The summed E-state index contributed by atoms with van der Waals surface area (Å²) in [5.74, 6) is -0.181. The molecule has 0 spiro atoms. The van der Waals surface area contributed by atoms with Gasteiger partial charge < -0.3 is 5.32 Å². The Morgan fingerprint density at radius 3 is 2.57 bits per heavy atom. The molecule has 1 aliphatic heterocycles. The molecule has 0 aliphatic carbocycles. The predicted molar refractivity (Wildman–Crippen MR) is 89.8 cm³/mol. The minimum atomic E-state index is -0.181. The lowest BCUT2D eigenvalue weighted by atomic mass is 9.82. The summed E-state index contributed by atoms with van der Waals surface area (Å²) in [6, 6.07) is 5.59. The summed E-state index contributed by atoms with van der Waals surface area (Å²) in [7, 11) is 0. The molecule has 2 rings (SSSR count). The number of nitrogens with one attached hydrogen (secondary N) is 1. The van der Waals surface area contributed by atoms with Gasteiger partial charge in [0.2, 0.25) is 0 Å². The number of piperazine rings is 1. The van der Waals surface area contributed by atoms with Gasteiger partial charge in [0.05, 0.1) is 0 Å². The molecule has 1 heterocycles. The first-order chi connectivity index (χ1) is 9.58. The molecule has 0 saturated carbocycles. The average molecular weight is 357 g/mol. The molecule has 0 bridgehead atoms. The van der Waals surface area contributed by atoms with E-state index in [4.69, 9.17) is 0 Å². The van der Waals surface area contributed by atoms with Crippen molar-refractivity contribution in [2.24, 2.45) is 5.41 Å². The van der Waals surface area contributed by atoms with Crippen molar-refractivity contribution in [3.63, 3.8) is 0 Å². The number of rotatable bonds is 2. The highest BCUT2D eigenvalue weighted by molar-refractivity contribution is 9.10. The Kier molecular flexibility index (Phi) is 4.81. The lowest BCUT2D eigenvalue weighted by Gasteiger charge is -2.49. The third-order valence-electron chi connectivity index (χ3n) is 4.38. The third-order valence-corrected chi connectivity index (χ3v) is 4.84. The monoisotopic (exact) mass is 356 g/mol. The maximum atomic E-state index is 13.6. The van der Waals surface area contributed by atoms with Gasteiger partial charge in [0.15, 0.2) is 0 Å². The van der Waals surface area contributed by atoms with E-state index in [1.807, 2.05) is 6.07 Å². The molecule has 21 heavy (non-hydrogen) atoms. The topological polar surface area (TPSA) is 15.3 Å². The normalized spacial score (nSPS) is 23.3. The van der Waals surface area contributed by atoms with Crippen LogP contribution in [0.1, 0.15) is 40.2 Å². The quantitative estimate of drug-likeness (QED) is 0.854. The number of hydrogen-bond acceptors (Lipinski definition) is 2. The zero-order valence-corrected chi connectivity index (χ0v) is 15.2. The molecule has 1 aromatic rings. The Morgan fingerprint density at radius 1 is 1.33 bits per heavy atom.